The van der Waals surface area contributed by atoms with Gasteiger partial charge in [-0.2, -0.15) is 0 Å². The van der Waals surface area contributed by atoms with E-state index in [4.69, 9.17) is 10.5 Å². The molecule has 0 bridgehead atoms. The quantitative estimate of drug-likeness (QED) is 0.882. The van der Waals surface area contributed by atoms with Gasteiger partial charge in [0.05, 0.1) is 6.10 Å². The third kappa shape index (κ3) is 2.82. The third-order valence-corrected chi connectivity index (χ3v) is 4.72. The van der Waals surface area contributed by atoms with Crippen LogP contribution in [0, 0.1) is 0 Å². The second kappa shape index (κ2) is 6.01. The van der Waals surface area contributed by atoms with Crippen LogP contribution in [-0.2, 0) is 4.74 Å². The fraction of sp³-hybridized carbons (Fsp3) is 0.467. The van der Waals surface area contributed by atoms with E-state index in [1.807, 2.05) is 0 Å². The maximum absolute atomic E-state index is 5.94. The van der Waals surface area contributed by atoms with Crippen LogP contribution in [0.4, 0.5) is 0 Å². The van der Waals surface area contributed by atoms with Crippen LogP contribution in [-0.4, -0.2) is 25.8 Å². The Morgan fingerprint density at radius 2 is 2.32 bits per heavy atom. The molecule has 0 aliphatic carbocycles. The van der Waals surface area contributed by atoms with Crippen LogP contribution in [0.1, 0.15) is 24.4 Å². The maximum atomic E-state index is 5.94. The molecule has 2 atom stereocenters. The normalized spacial score (nSPS) is 21.0. The number of hydrogen-bond acceptors (Lipinski definition) is 4. The molecule has 3 rings (SSSR count). The summed E-state index contributed by atoms with van der Waals surface area (Å²) >= 11 is 1.79. The first kappa shape index (κ1) is 13.1. The lowest BCUT2D eigenvalue weighted by atomic mass is 10.1. The summed E-state index contributed by atoms with van der Waals surface area (Å²) in [6.07, 6.45) is 2.70. The molecule has 2 heterocycles. The van der Waals surface area contributed by atoms with E-state index in [2.05, 4.69) is 35.0 Å². The van der Waals surface area contributed by atoms with Crippen LogP contribution in [0.15, 0.2) is 29.6 Å². The highest BCUT2D eigenvalue weighted by Crippen LogP contribution is 2.30. The summed E-state index contributed by atoms with van der Waals surface area (Å²) in [5.41, 5.74) is 7.26. The minimum atomic E-state index is 0.223. The molecule has 1 saturated heterocycles. The molecule has 102 valence electrons. The molecule has 1 aromatic heterocycles. The van der Waals surface area contributed by atoms with E-state index in [9.17, 15) is 0 Å². The van der Waals surface area contributed by atoms with Crippen molar-refractivity contribution in [2.45, 2.75) is 25.0 Å². The predicted octanol–water partition coefficient (Wildman–Crippen LogP) is 2.67. The zero-order chi connectivity index (χ0) is 13.1. The van der Waals surface area contributed by atoms with E-state index < -0.39 is 0 Å². The lowest BCUT2D eigenvalue weighted by molar-refractivity contribution is 0.107. The number of thiophene rings is 1. The van der Waals surface area contributed by atoms with Gasteiger partial charge in [-0.05, 0) is 35.2 Å². The minimum Gasteiger partial charge on any atom is -0.377 e. The maximum Gasteiger partial charge on any atom is 0.0700 e. The molecular weight excluding hydrogens is 256 g/mol. The van der Waals surface area contributed by atoms with E-state index in [1.54, 1.807) is 11.3 Å². The lowest BCUT2D eigenvalue weighted by Crippen LogP contribution is -2.34. The van der Waals surface area contributed by atoms with E-state index in [-0.39, 0.29) is 6.04 Å². The van der Waals surface area contributed by atoms with Gasteiger partial charge in [0.25, 0.3) is 0 Å². The molecule has 0 spiro atoms. The van der Waals surface area contributed by atoms with Crippen molar-refractivity contribution in [3.8, 4) is 0 Å². The molecule has 1 fully saturated rings. The summed E-state index contributed by atoms with van der Waals surface area (Å²) in [6.45, 7) is 2.42. The molecule has 0 amide bonds. The van der Waals surface area contributed by atoms with Crippen molar-refractivity contribution in [1.29, 1.82) is 0 Å². The molecule has 0 saturated carbocycles. The molecule has 3 nitrogen and oxygen atoms in total. The summed E-state index contributed by atoms with van der Waals surface area (Å²) < 4.78 is 6.98. The Bertz CT molecular complexity index is 534. The largest absolute Gasteiger partial charge is 0.377 e. The fourth-order valence-corrected chi connectivity index (χ4v) is 3.68. The SMILES string of the molecule is NCC(NCC1CCCO1)c1csc2ccccc12. The number of ether oxygens (including phenoxy) is 1. The molecule has 1 aromatic carbocycles. The molecule has 1 aliphatic heterocycles. The first-order valence-corrected chi connectivity index (χ1v) is 7.77. The highest BCUT2D eigenvalue weighted by atomic mass is 32.1. The van der Waals surface area contributed by atoms with Crippen molar-refractivity contribution in [2.24, 2.45) is 5.73 Å². The van der Waals surface area contributed by atoms with Crippen LogP contribution < -0.4 is 11.1 Å². The molecule has 3 N–H and O–H groups in total. The van der Waals surface area contributed by atoms with Gasteiger partial charge in [0.15, 0.2) is 0 Å². The summed E-state index contributed by atoms with van der Waals surface area (Å²) in [6, 6.07) is 8.74. The van der Waals surface area contributed by atoms with Gasteiger partial charge in [-0.15, -0.1) is 11.3 Å². The highest BCUT2D eigenvalue weighted by molar-refractivity contribution is 7.17. The minimum absolute atomic E-state index is 0.223. The Kier molecular flexibility index (Phi) is 4.13. The van der Waals surface area contributed by atoms with Crippen molar-refractivity contribution < 1.29 is 4.74 Å². The van der Waals surface area contributed by atoms with Gasteiger partial charge >= 0.3 is 0 Å². The van der Waals surface area contributed by atoms with Crippen LogP contribution >= 0.6 is 11.3 Å². The van der Waals surface area contributed by atoms with Crippen LogP contribution in [0.25, 0.3) is 10.1 Å². The number of nitrogens with two attached hydrogens (primary N) is 1. The average molecular weight is 276 g/mol. The summed E-state index contributed by atoms with van der Waals surface area (Å²) in [4.78, 5) is 0. The van der Waals surface area contributed by atoms with Crippen molar-refractivity contribution in [1.82, 2.24) is 5.32 Å². The summed E-state index contributed by atoms with van der Waals surface area (Å²) in [5, 5.41) is 7.11. The van der Waals surface area contributed by atoms with Gasteiger partial charge in [0.1, 0.15) is 0 Å². The van der Waals surface area contributed by atoms with Crippen LogP contribution in [0.2, 0.25) is 0 Å². The van der Waals surface area contributed by atoms with Gasteiger partial charge in [0.2, 0.25) is 0 Å². The number of rotatable bonds is 5. The third-order valence-electron chi connectivity index (χ3n) is 3.74. The molecular formula is C15H20N2OS. The van der Waals surface area contributed by atoms with Gasteiger partial charge in [0, 0.05) is 30.4 Å². The average Bonchev–Trinajstić information content (AvgIpc) is 3.09. The lowest BCUT2D eigenvalue weighted by Gasteiger charge is -2.19. The number of hydrogen-bond donors (Lipinski definition) is 2. The topological polar surface area (TPSA) is 47.3 Å². The van der Waals surface area contributed by atoms with Crippen molar-refractivity contribution in [3.63, 3.8) is 0 Å². The van der Waals surface area contributed by atoms with E-state index >= 15 is 0 Å². The Morgan fingerprint density at radius 1 is 1.42 bits per heavy atom. The molecule has 19 heavy (non-hydrogen) atoms. The first-order valence-electron chi connectivity index (χ1n) is 6.89. The van der Waals surface area contributed by atoms with E-state index in [0.717, 1.165) is 19.6 Å². The van der Waals surface area contributed by atoms with Crippen LogP contribution in [0.3, 0.4) is 0 Å². The van der Waals surface area contributed by atoms with Crippen molar-refractivity contribution >= 4 is 21.4 Å². The summed E-state index contributed by atoms with van der Waals surface area (Å²) in [5.74, 6) is 0. The number of benzene rings is 1. The van der Waals surface area contributed by atoms with E-state index in [0.29, 0.717) is 12.6 Å². The Morgan fingerprint density at radius 3 is 3.11 bits per heavy atom. The highest BCUT2D eigenvalue weighted by Gasteiger charge is 2.19. The van der Waals surface area contributed by atoms with Gasteiger partial charge in [-0.25, -0.2) is 0 Å². The molecule has 0 radical (unpaired) electrons. The molecule has 4 heteroatoms. The molecule has 2 aromatic rings. The van der Waals surface area contributed by atoms with Crippen molar-refractivity contribution in [2.75, 3.05) is 19.7 Å². The molecule has 2 unspecified atom stereocenters. The van der Waals surface area contributed by atoms with Gasteiger partial charge < -0.3 is 15.8 Å². The second-order valence-electron chi connectivity index (χ2n) is 5.02. The Hall–Kier alpha value is -0.940. The Labute approximate surface area is 117 Å². The number of fused-ring (bicyclic) bond motifs is 1. The summed E-state index contributed by atoms with van der Waals surface area (Å²) in [7, 11) is 0. The van der Waals surface area contributed by atoms with Gasteiger partial charge in [-0.1, -0.05) is 18.2 Å². The number of nitrogens with one attached hydrogen (secondary N) is 1. The van der Waals surface area contributed by atoms with Gasteiger partial charge in [-0.3, -0.25) is 0 Å². The van der Waals surface area contributed by atoms with E-state index in [1.165, 1.54) is 22.1 Å². The van der Waals surface area contributed by atoms with Crippen molar-refractivity contribution in [3.05, 3.63) is 35.2 Å². The second-order valence-corrected chi connectivity index (χ2v) is 5.93. The monoisotopic (exact) mass is 276 g/mol. The zero-order valence-electron chi connectivity index (χ0n) is 11.0. The predicted molar refractivity (Wildman–Crippen MR) is 80.6 cm³/mol. The first-order chi connectivity index (χ1) is 9.38. The smallest absolute Gasteiger partial charge is 0.0700 e. The standard InChI is InChI=1S/C15H20N2OS/c16-8-14(17-9-11-4-3-7-18-11)13-10-19-15-6-2-1-5-12(13)15/h1-2,5-6,10-11,14,17H,3-4,7-9,16H2. The van der Waals surface area contributed by atoms with Crippen LogP contribution in [0.5, 0.6) is 0 Å². The Balaban J connectivity index is 1.73. The molecule has 1 aliphatic rings. The fourth-order valence-electron chi connectivity index (χ4n) is 2.67. The zero-order valence-corrected chi connectivity index (χ0v) is 11.8.